The van der Waals surface area contributed by atoms with Crippen molar-refractivity contribution >= 4 is 0 Å². The molecular formula is C14H18O. The molecule has 0 aromatic heterocycles. The fraction of sp³-hybridized carbons (Fsp3) is 0.571. The van der Waals surface area contributed by atoms with Crippen molar-refractivity contribution in [2.45, 2.75) is 38.4 Å². The topological polar surface area (TPSA) is 9.23 Å². The highest BCUT2D eigenvalue weighted by atomic mass is 16.5. The van der Waals surface area contributed by atoms with Crippen molar-refractivity contribution < 1.29 is 4.74 Å². The summed E-state index contributed by atoms with van der Waals surface area (Å²) in [6.07, 6.45) is 6.17. The first-order valence-electron chi connectivity index (χ1n) is 6.07. The monoisotopic (exact) mass is 202 g/mol. The summed E-state index contributed by atoms with van der Waals surface area (Å²) in [6, 6.07) is 10.5. The summed E-state index contributed by atoms with van der Waals surface area (Å²) in [5.41, 5.74) is 1.31. The van der Waals surface area contributed by atoms with Gasteiger partial charge in [-0.3, -0.25) is 0 Å². The SMILES string of the molecule is c1ccc(COC2CC3CCC2C3)cc1. The van der Waals surface area contributed by atoms with Crippen LogP contribution in [-0.4, -0.2) is 6.10 Å². The molecule has 3 atom stereocenters. The molecule has 2 fully saturated rings. The number of fused-ring (bicyclic) bond motifs is 2. The van der Waals surface area contributed by atoms with Crippen LogP contribution < -0.4 is 0 Å². The Labute approximate surface area is 91.5 Å². The summed E-state index contributed by atoms with van der Waals surface area (Å²) < 4.78 is 6.02. The number of hydrogen-bond donors (Lipinski definition) is 0. The van der Waals surface area contributed by atoms with Crippen LogP contribution >= 0.6 is 0 Å². The largest absolute Gasteiger partial charge is 0.373 e. The highest BCUT2D eigenvalue weighted by Crippen LogP contribution is 2.45. The molecule has 3 unspecified atom stereocenters. The summed E-state index contributed by atoms with van der Waals surface area (Å²) in [5, 5.41) is 0. The second-order valence-corrected chi connectivity index (χ2v) is 5.01. The number of rotatable bonds is 3. The van der Waals surface area contributed by atoms with Crippen LogP contribution in [-0.2, 0) is 11.3 Å². The van der Waals surface area contributed by atoms with Crippen molar-refractivity contribution in [3.8, 4) is 0 Å². The molecule has 3 rings (SSSR count). The van der Waals surface area contributed by atoms with Gasteiger partial charge < -0.3 is 4.74 Å². The summed E-state index contributed by atoms with van der Waals surface area (Å²) in [6.45, 7) is 0.800. The lowest BCUT2D eigenvalue weighted by atomic mass is 9.98. The Morgan fingerprint density at radius 1 is 1.07 bits per heavy atom. The molecule has 2 saturated carbocycles. The van der Waals surface area contributed by atoms with E-state index in [1.165, 1.54) is 31.2 Å². The van der Waals surface area contributed by atoms with Crippen molar-refractivity contribution in [3.05, 3.63) is 35.9 Å². The second kappa shape index (κ2) is 3.97. The zero-order chi connectivity index (χ0) is 10.1. The van der Waals surface area contributed by atoms with Crippen LogP contribution in [0.2, 0.25) is 0 Å². The molecule has 0 heterocycles. The van der Waals surface area contributed by atoms with Crippen molar-refractivity contribution in [3.63, 3.8) is 0 Å². The Balaban J connectivity index is 1.55. The van der Waals surface area contributed by atoms with Gasteiger partial charge in [0.05, 0.1) is 12.7 Å². The summed E-state index contributed by atoms with van der Waals surface area (Å²) in [7, 11) is 0. The number of ether oxygens (including phenoxy) is 1. The van der Waals surface area contributed by atoms with E-state index in [-0.39, 0.29) is 0 Å². The Bertz CT molecular complexity index is 319. The van der Waals surface area contributed by atoms with Gasteiger partial charge in [-0.1, -0.05) is 30.3 Å². The van der Waals surface area contributed by atoms with Gasteiger partial charge in [-0.05, 0) is 43.1 Å². The van der Waals surface area contributed by atoms with Crippen LogP contribution in [0.4, 0.5) is 0 Å². The first-order valence-corrected chi connectivity index (χ1v) is 6.07. The third-order valence-corrected chi connectivity index (χ3v) is 3.98. The van der Waals surface area contributed by atoms with Crippen LogP contribution in [0.3, 0.4) is 0 Å². The van der Waals surface area contributed by atoms with Crippen LogP contribution in [0.15, 0.2) is 30.3 Å². The van der Waals surface area contributed by atoms with Gasteiger partial charge in [0.2, 0.25) is 0 Å². The Kier molecular flexibility index (Phi) is 2.49. The maximum absolute atomic E-state index is 6.02. The molecule has 0 aliphatic heterocycles. The molecule has 1 nitrogen and oxygen atoms in total. The molecule has 1 aromatic rings. The van der Waals surface area contributed by atoms with E-state index in [0.29, 0.717) is 6.10 Å². The molecule has 15 heavy (non-hydrogen) atoms. The maximum atomic E-state index is 6.02. The molecule has 80 valence electrons. The normalized spacial score (nSPS) is 33.5. The molecular weight excluding hydrogens is 184 g/mol. The van der Waals surface area contributed by atoms with E-state index in [1.54, 1.807) is 0 Å². The van der Waals surface area contributed by atoms with E-state index in [1.807, 2.05) is 0 Å². The zero-order valence-electron chi connectivity index (χ0n) is 9.06. The van der Waals surface area contributed by atoms with E-state index in [2.05, 4.69) is 30.3 Å². The maximum Gasteiger partial charge on any atom is 0.0720 e. The first-order chi connectivity index (χ1) is 7.42. The van der Waals surface area contributed by atoms with Gasteiger partial charge in [0.25, 0.3) is 0 Å². The Morgan fingerprint density at radius 2 is 1.93 bits per heavy atom. The third kappa shape index (κ3) is 1.93. The fourth-order valence-electron chi connectivity index (χ4n) is 3.17. The highest BCUT2D eigenvalue weighted by molar-refractivity contribution is 5.13. The molecule has 2 aliphatic rings. The van der Waals surface area contributed by atoms with Crippen LogP contribution in [0, 0.1) is 11.8 Å². The summed E-state index contributed by atoms with van der Waals surface area (Å²) in [5.74, 6) is 1.86. The predicted octanol–water partition coefficient (Wildman–Crippen LogP) is 3.39. The molecule has 2 aliphatic carbocycles. The fourth-order valence-corrected chi connectivity index (χ4v) is 3.17. The van der Waals surface area contributed by atoms with Crippen molar-refractivity contribution in [2.24, 2.45) is 11.8 Å². The zero-order valence-corrected chi connectivity index (χ0v) is 9.06. The van der Waals surface area contributed by atoms with Gasteiger partial charge in [-0.2, -0.15) is 0 Å². The predicted molar refractivity (Wildman–Crippen MR) is 60.5 cm³/mol. The Morgan fingerprint density at radius 3 is 2.60 bits per heavy atom. The molecule has 1 heteroatoms. The van der Waals surface area contributed by atoms with Crippen LogP contribution in [0.5, 0.6) is 0 Å². The van der Waals surface area contributed by atoms with E-state index < -0.39 is 0 Å². The van der Waals surface area contributed by atoms with Gasteiger partial charge in [-0.15, -0.1) is 0 Å². The smallest absolute Gasteiger partial charge is 0.0720 e. The van der Waals surface area contributed by atoms with E-state index >= 15 is 0 Å². The van der Waals surface area contributed by atoms with Gasteiger partial charge in [0.15, 0.2) is 0 Å². The molecule has 0 saturated heterocycles. The average Bonchev–Trinajstić information content (AvgIpc) is 2.89. The van der Waals surface area contributed by atoms with Crippen LogP contribution in [0.1, 0.15) is 31.2 Å². The lowest BCUT2D eigenvalue weighted by Gasteiger charge is -2.22. The number of hydrogen-bond acceptors (Lipinski definition) is 1. The Hall–Kier alpha value is -0.820. The van der Waals surface area contributed by atoms with Crippen LogP contribution in [0.25, 0.3) is 0 Å². The minimum absolute atomic E-state index is 0.559. The second-order valence-electron chi connectivity index (χ2n) is 5.01. The molecule has 2 bridgehead atoms. The molecule has 0 radical (unpaired) electrons. The standard InChI is InChI=1S/C14H18O/c1-2-4-11(5-3-1)10-15-14-9-12-6-7-13(14)8-12/h1-5,12-14H,6-10H2. The minimum atomic E-state index is 0.559. The number of benzene rings is 1. The molecule has 1 aromatic carbocycles. The van der Waals surface area contributed by atoms with Crippen molar-refractivity contribution in [1.29, 1.82) is 0 Å². The minimum Gasteiger partial charge on any atom is -0.373 e. The van der Waals surface area contributed by atoms with E-state index in [9.17, 15) is 0 Å². The van der Waals surface area contributed by atoms with E-state index in [0.717, 1.165) is 18.4 Å². The molecule has 0 N–H and O–H groups in total. The quantitative estimate of drug-likeness (QED) is 0.730. The summed E-state index contributed by atoms with van der Waals surface area (Å²) in [4.78, 5) is 0. The first kappa shape index (κ1) is 9.41. The lowest BCUT2D eigenvalue weighted by molar-refractivity contribution is 0.00520. The van der Waals surface area contributed by atoms with Crippen molar-refractivity contribution in [2.75, 3.05) is 0 Å². The van der Waals surface area contributed by atoms with Gasteiger partial charge in [0.1, 0.15) is 0 Å². The van der Waals surface area contributed by atoms with Gasteiger partial charge in [-0.25, -0.2) is 0 Å². The van der Waals surface area contributed by atoms with E-state index in [4.69, 9.17) is 4.74 Å². The van der Waals surface area contributed by atoms with Gasteiger partial charge in [0, 0.05) is 0 Å². The third-order valence-electron chi connectivity index (χ3n) is 3.98. The lowest BCUT2D eigenvalue weighted by Crippen LogP contribution is -2.20. The summed E-state index contributed by atoms with van der Waals surface area (Å²) >= 11 is 0. The highest BCUT2D eigenvalue weighted by Gasteiger charge is 2.39. The molecule has 0 spiro atoms. The molecule has 0 amide bonds. The van der Waals surface area contributed by atoms with Crippen molar-refractivity contribution in [1.82, 2.24) is 0 Å². The van der Waals surface area contributed by atoms with Gasteiger partial charge >= 0.3 is 0 Å². The average molecular weight is 202 g/mol.